The second-order valence-corrected chi connectivity index (χ2v) is 6.97. The third-order valence-electron chi connectivity index (χ3n) is 4.30. The average molecular weight is 426 g/mol. The summed E-state index contributed by atoms with van der Waals surface area (Å²) in [6, 6.07) is 0. The normalized spacial score (nSPS) is 21.4. The van der Waals surface area contributed by atoms with E-state index < -0.39 is 0 Å². The van der Waals surface area contributed by atoms with Crippen LogP contribution in [0.25, 0.3) is 0 Å². The summed E-state index contributed by atoms with van der Waals surface area (Å²) in [6.07, 6.45) is 1.44. The van der Waals surface area contributed by atoms with E-state index in [4.69, 9.17) is 4.74 Å². The minimum absolute atomic E-state index is 0. The van der Waals surface area contributed by atoms with Crippen LogP contribution in [0.4, 0.5) is 0 Å². The van der Waals surface area contributed by atoms with E-state index in [0.29, 0.717) is 0 Å². The molecule has 1 rings (SSSR count). The molecule has 0 aliphatic carbocycles. The standard InChI is InChI=1S/C16H34N4O.HI/c1-7-20-9-8-13(12-20)10-18-15(17-5)19-11-14(21-6)16(2,3)4;/h13-14H,7-12H2,1-6H3,(H2,17,18,19);1H. The van der Waals surface area contributed by atoms with Crippen LogP contribution in [-0.2, 0) is 4.74 Å². The minimum atomic E-state index is 0. The highest BCUT2D eigenvalue weighted by Crippen LogP contribution is 2.20. The molecule has 0 saturated carbocycles. The van der Waals surface area contributed by atoms with Gasteiger partial charge in [-0.05, 0) is 30.8 Å². The zero-order valence-corrected chi connectivity index (χ0v) is 17.4. The molecule has 0 aromatic carbocycles. The molecule has 0 bridgehead atoms. The molecule has 0 radical (unpaired) electrons. The van der Waals surface area contributed by atoms with Crippen molar-refractivity contribution in [1.82, 2.24) is 15.5 Å². The fourth-order valence-corrected chi connectivity index (χ4v) is 2.76. The van der Waals surface area contributed by atoms with Crippen LogP contribution < -0.4 is 10.6 Å². The maximum atomic E-state index is 5.56. The zero-order chi connectivity index (χ0) is 15.9. The maximum Gasteiger partial charge on any atom is 0.191 e. The molecule has 2 N–H and O–H groups in total. The van der Waals surface area contributed by atoms with Gasteiger partial charge in [-0.1, -0.05) is 27.7 Å². The summed E-state index contributed by atoms with van der Waals surface area (Å²) in [5, 5.41) is 6.82. The van der Waals surface area contributed by atoms with Crippen molar-refractivity contribution in [3.05, 3.63) is 0 Å². The van der Waals surface area contributed by atoms with Crippen molar-refractivity contribution in [1.29, 1.82) is 0 Å². The monoisotopic (exact) mass is 426 g/mol. The number of hydrogen-bond acceptors (Lipinski definition) is 3. The molecule has 5 nitrogen and oxygen atoms in total. The van der Waals surface area contributed by atoms with E-state index in [-0.39, 0.29) is 35.5 Å². The van der Waals surface area contributed by atoms with Crippen LogP contribution in [0, 0.1) is 11.3 Å². The van der Waals surface area contributed by atoms with Gasteiger partial charge >= 0.3 is 0 Å². The molecule has 22 heavy (non-hydrogen) atoms. The van der Waals surface area contributed by atoms with Crippen molar-refractivity contribution in [3.63, 3.8) is 0 Å². The Morgan fingerprint density at radius 2 is 2.05 bits per heavy atom. The second-order valence-electron chi connectivity index (χ2n) is 6.97. The fraction of sp³-hybridized carbons (Fsp3) is 0.938. The molecule has 1 saturated heterocycles. The number of rotatable bonds is 6. The molecule has 0 amide bonds. The van der Waals surface area contributed by atoms with Gasteiger partial charge < -0.3 is 20.3 Å². The molecule has 1 fully saturated rings. The van der Waals surface area contributed by atoms with Gasteiger partial charge in [0.15, 0.2) is 5.96 Å². The predicted octanol–water partition coefficient (Wildman–Crippen LogP) is 2.17. The summed E-state index contributed by atoms with van der Waals surface area (Å²) in [4.78, 5) is 6.80. The van der Waals surface area contributed by atoms with Gasteiger partial charge in [-0.2, -0.15) is 0 Å². The Kier molecular flexibility index (Phi) is 10.6. The lowest BCUT2D eigenvalue weighted by atomic mass is 9.89. The Balaban J connectivity index is 0.00000441. The summed E-state index contributed by atoms with van der Waals surface area (Å²) < 4.78 is 5.56. The minimum Gasteiger partial charge on any atom is -0.379 e. The van der Waals surface area contributed by atoms with Gasteiger partial charge in [0.05, 0.1) is 6.10 Å². The number of nitrogens with one attached hydrogen (secondary N) is 2. The highest BCUT2D eigenvalue weighted by atomic mass is 127. The fourth-order valence-electron chi connectivity index (χ4n) is 2.76. The van der Waals surface area contributed by atoms with Crippen molar-refractivity contribution in [2.24, 2.45) is 16.3 Å². The van der Waals surface area contributed by atoms with Crippen LogP contribution in [0.15, 0.2) is 4.99 Å². The van der Waals surface area contributed by atoms with E-state index in [1.54, 1.807) is 7.11 Å². The quantitative estimate of drug-likeness (QED) is 0.389. The number of hydrogen-bond donors (Lipinski definition) is 2. The number of halogens is 1. The van der Waals surface area contributed by atoms with Crippen molar-refractivity contribution in [2.75, 3.05) is 46.9 Å². The molecular formula is C16H35IN4O. The molecule has 6 heteroatoms. The molecule has 0 aromatic heterocycles. The number of guanidine groups is 1. The molecule has 2 unspecified atom stereocenters. The van der Waals surface area contributed by atoms with Gasteiger partial charge in [0.25, 0.3) is 0 Å². The largest absolute Gasteiger partial charge is 0.379 e. The number of ether oxygens (including phenoxy) is 1. The van der Waals surface area contributed by atoms with Crippen LogP contribution in [0.5, 0.6) is 0 Å². The Morgan fingerprint density at radius 1 is 1.36 bits per heavy atom. The van der Waals surface area contributed by atoms with Crippen LogP contribution in [0.1, 0.15) is 34.1 Å². The topological polar surface area (TPSA) is 48.9 Å². The van der Waals surface area contributed by atoms with Crippen LogP contribution in [-0.4, -0.2) is 63.8 Å². The van der Waals surface area contributed by atoms with Crippen molar-refractivity contribution in [3.8, 4) is 0 Å². The lowest BCUT2D eigenvalue weighted by Crippen LogP contribution is -2.46. The first-order valence-corrected chi connectivity index (χ1v) is 8.10. The first-order chi connectivity index (χ1) is 9.90. The van der Waals surface area contributed by atoms with E-state index in [2.05, 4.69) is 48.2 Å². The smallest absolute Gasteiger partial charge is 0.191 e. The summed E-state index contributed by atoms with van der Waals surface area (Å²) in [5.74, 6) is 1.60. The van der Waals surface area contributed by atoms with Gasteiger partial charge in [-0.3, -0.25) is 4.99 Å². The Morgan fingerprint density at radius 3 is 2.50 bits per heavy atom. The van der Waals surface area contributed by atoms with Gasteiger partial charge in [-0.25, -0.2) is 0 Å². The highest BCUT2D eigenvalue weighted by molar-refractivity contribution is 14.0. The lowest BCUT2D eigenvalue weighted by Gasteiger charge is -2.30. The van der Waals surface area contributed by atoms with E-state index in [1.165, 1.54) is 19.5 Å². The van der Waals surface area contributed by atoms with E-state index in [9.17, 15) is 0 Å². The maximum absolute atomic E-state index is 5.56. The molecule has 2 atom stereocenters. The summed E-state index contributed by atoms with van der Waals surface area (Å²) in [5.41, 5.74) is 0.119. The van der Waals surface area contributed by atoms with Gasteiger partial charge in [0, 0.05) is 33.8 Å². The summed E-state index contributed by atoms with van der Waals surface area (Å²) in [7, 11) is 3.59. The number of aliphatic imine (C=N–C) groups is 1. The Bertz CT molecular complexity index is 331. The van der Waals surface area contributed by atoms with Crippen LogP contribution >= 0.6 is 24.0 Å². The van der Waals surface area contributed by atoms with E-state index >= 15 is 0 Å². The van der Waals surface area contributed by atoms with Crippen molar-refractivity contribution < 1.29 is 4.74 Å². The zero-order valence-electron chi connectivity index (χ0n) is 15.1. The van der Waals surface area contributed by atoms with Crippen LogP contribution in [0.2, 0.25) is 0 Å². The first kappa shape index (κ1) is 21.9. The second kappa shape index (κ2) is 10.6. The molecule has 1 heterocycles. The van der Waals surface area contributed by atoms with Gasteiger partial charge in [0.1, 0.15) is 0 Å². The number of nitrogens with zero attached hydrogens (tertiary/aromatic N) is 2. The third-order valence-corrected chi connectivity index (χ3v) is 4.30. The molecule has 1 aliphatic rings. The SMILES string of the molecule is CCN1CCC(CNC(=NC)NCC(OC)C(C)(C)C)C1.I. The van der Waals surface area contributed by atoms with Crippen molar-refractivity contribution >= 4 is 29.9 Å². The number of likely N-dealkylation sites (tertiary alicyclic amines) is 1. The molecule has 0 spiro atoms. The number of methoxy groups -OCH3 is 1. The van der Waals surface area contributed by atoms with E-state index in [0.717, 1.165) is 31.5 Å². The molecule has 0 aromatic rings. The van der Waals surface area contributed by atoms with Gasteiger partial charge in [0.2, 0.25) is 0 Å². The third kappa shape index (κ3) is 7.46. The van der Waals surface area contributed by atoms with Crippen LogP contribution in [0.3, 0.4) is 0 Å². The average Bonchev–Trinajstić information content (AvgIpc) is 2.89. The summed E-state index contributed by atoms with van der Waals surface area (Å²) in [6.45, 7) is 14.1. The molecule has 132 valence electrons. The van der Waals surface area contributed by atoms with Crippen molar-refractivity contribution in [2.45, 2.75) is 40.2 Å². The Labute approximate surface area is 153 Å². The van der Waals surface area contributed by atoms with E-state index in [1.807, 2.05) is 7.05 Å². The predicted molar refractivity (Wildman–Crippen MR) is 105 cm³/mol. The first-order valence-electron chi connectivity index (χ1n) is 8.10. The van der Waals surface area contributed by atoms with Gasteiger partial charge in [-0.15, -0.1) is 24.0 Å². The molecular weight excluding hydrogens is 391 g/mol. The summed E-state index contributed by atoms with van der Waals surface area (Å²) >= 11 is 0. The lowest BCUT2D eigenvalue weighted by molar-refractivity contribution is 0.0205. The molecule has 1 aliphatic heterocycles. The Hall–Kier alpha value is -0.0800. The highest BCUT2D eigenvalue weighted by Gasteiger charge is 2.25.